The zero-order valence-electron chi connectivity index (χ0n) is 9.39. The van der Waals surface area contributed by atoms with E-state index in [1.807, 2.05) is 0 Å². The van der Waals surface area contributed by atoms with Crippen LogP contribution >= 0.6 is 15.9 Å². The van der Waals surface area contributed by atoms with Crippen molar-refractivity contribution in [1.82, 2.24) is 0 Å². The molecule has 0 saturated carbocycles. The number of hydrogen-bond acceptors (Lipinski definition) is 1. The Kier molecular flexibility index (Phi) is 2.91. The smallest absolute Gasteiger partial charge is 0.0178 e. The maximum Gasteiger partial charge on any atom is 0.0178 e. The third kappa shape index (κ3) is 1.85. The van der Waals surface area contributed by atoms with Gasteiger partial charge in [-0.25, -0.2) is 0 Å². The van der Waals surface area contributed by atoms with E-state index < -0.39 is 0 Å². The Hall–Kier alpha value is -0.340. The first-order valence-electron chi connectivity index (χ1n) is 5.54. The highest BCUT2D eigenvalue weighted by atomic mass is 79.9. The molecule has 1 atom stereocenters. The van der Waals surface area contributed by atoms with Crippen LogP contribution in [-0.2, 0) is 11.8 Å². The fraction of sp³-hybridized carbons (Fsp3) is 0.538. The van der Waals surface area contributed by atoms with E-state index >= 15 is 0 Å². The van der Waals surface area contributed by atoms with Crippen LogP contribution in [0.25, 0.3) is 0 Å². The van der Waals surface area contributed by atoms with Gasteiger partial charge in [0.25, 0.3) is 0 Å². The minimum atomic E-state index is 0.214. The van der Waals surface area contributed by atoms with E-state index in [-0.39, 0.29) is 5.41 Å². The number of hydrogen-bond donors (Lipinski definition) is 1. The Morgan fingerprint density at radius 1 is 1.47 bits per heavy atom. The van der Waals surface area contributed by atoms with E-state index in [4.69, 9.17) is 5.73 Å². The zero-order chi connectivity index (χ0) is 11.1. The molecule has 1 aliphatic rings. The van der Waals surface area contributed by atoms with E-state index in [2.05, 4.69) is 48.0 Å². The molecule has 2 heteroatoms. The molecule has 0 aromatic heterocycles. The van der Waals surface area contributed by atoms with Crippen molar-refractivity contribution in [3.05, 3.63) is 33.8 Å². The number of rotatable bonds is 1. The summed E-state index contributed by atoms with van der Waals surface area (Å²) in [5.41, 5.74) is 9.04. The fourth-order valence-corrected chi connectivity index (χ4v) is 3.05. The molecular formula is C13H18BrN. The van der Waals surface area contributed by atoms with Crippen molar-refractivity contribution in [3.63, 3.8) is 0 Å². The van der Waals surface area contributed by atoms with Gasteiger partial charge in [0.15, 0.2) is 0 Å². The molecule has 1 aromatic carbocycles. The molecule has 0 amide bonds. The quantitative estimate of drug-likeness (QED) is 0.831. The Bertz CT molecular complexity index is 371. The van der Waals surface area contributed by atoms with Crippen LogP contribution in [0.4, 0.5) is 0 Å². The molecule has 82 valence electrons. The molecule has 0 fully saturated rings. The van der Waals surface area contributed by atoms with Gasteiger partial charge in [-0.15, -0.1) is 0 Å². The molecule has 1 aliphatic carbocycles. The van der Waals surface area contributed by atoms with E-state index in [1.54, 1.807) is 0 Å². The highest BCUT2D eigenvalue weighted by molar-refractivity contribution is 9.10. The molecule has 0 aliphatic heterocycles. The van der Waals surface area contributed by atoms with E-state index in [0.717, 1.165) is 6.54 Å². The van der Waals surface area contributed by atoms with Gasteiger partial charge < -0.3 is 5.73 Å². The first-order chi connectivity index (χ1) is 7.05. The van der Waals surface area contributed by atoms with E-state index in [0.29, 0.717) is 5.92 Å². The summed E-state index contributed by atoms with van der Waals surface area (Å²) in [6.07, 6.45) is 2.39. The summed E-state index contributed by atoms with van der Waals surface area (Å²) >= 11 is 3.55. The van der Waals surface area contributed by atoms with Gasteiger partial charge in [-0.2, -0.15) is 0 Å². The number of aryl methyl sites for hydroxylation is 1. The highest BCUT2D eigenvalue weighted by Crippen LogP contribution is 2.41. The monoisotopic (exact) mass is 267 g/mol. The van der Waals surface area contributed by atoms with Gasteiger partial charge in [0.2, 0.25) is 0 Å². The zero-order valence-corrected chi connectivity index (χ0v) is 11.0. The fourth-order valence-electron chi connectivity index (χ4n) is 2.69. The second-order valence-electron chi connectivity index (χ2n) is 4.99. The predicted molar refractivity (Wildman–Crippen MR) is 68.0 cm³/mol. The van der Waals surface area contributed by atoms with Crippen LogP contribution in [0, 0.1) is 5.92 Å². The van der Waals surface area contributed by atoms with Crippen LogP contribution in [0.2, 0.25) is 0 Å². The van der Waals surface area contributed by atoms with Crippen LogP contribution in [0.1, 0.15) is 31.4 Å². The lowest BCUT2D eigenvalue weighted by Crippen LogP contribution is -2.38. The number of fused-ring (bicyclic) bond motifs is 1. The lowest BCUT2D eigenvalue weighted by atomic mass is 9.65. The summed E-state index contributed by atoms with van der Waals surface area (Å²) in [7, 11) is 0. The SMILES string of the molecule is CC1(C)c2cc(Br)ccc2CCC1CN. The maximum atomic E-state index is 5.86. The first-order valence-corrected chi connectivity index (χ1v) is 6.34. The Balaban J connectivity index is 2.50. The van der Waals surface area contributed by atoms with Gasteiger partial charge in [0, 0.05) is 4.47 Å². The topological polar surface area (TPSA) is 26.0 Å². The van der Waals surface area contributed by atoms with Gasteiger partial charge in [0.1, 0.15) is 0 Å². The van der Waals surface area contributed by atoms with Crippen molar-refractivity contribution in [2.24, 2.45) is 11.7 Å². The third-order valence-electron chi connectivity index (χ3n) is 3.83. The van der Waals surface area contributed by atoms with Crippen LogP contribution in [0.5, 0.6) is 0 Å². The summed E-state index contributed by atoms with van der Waals surface area (Å²) in [4.78, 5) is 0. The summed E-state index contributed by atoms with van der Waals surface area (Å²) in [5.74, 6) is 0.610. The molecule has 2 rings (SSSR count). The first kappa shape index (κ1) is 11.2. The van der Waals surface area contributed by atoms with Crippen molar-refractivity contribution >= 4 is 15.9 Å². The van der Waals surface area contributed by atoms with Crippen molar-refractivity contribution in [2.75, 3.05) is 6.54 Å². The average molecular weight is 268 g/mol. The maximum absolute atomic E-state index is 5.86. The number of nitrogens with two attached hydrogens (primary N) is 1. The number of benzene rings is 1. The van der Waals surface area contributed by atoms with Crippen molar-refractivity contribution < 1.29 is 0 Å². The molecular weight excluding hydrogens is 250 g/mol. The van der Waals surface area contributed by atoms with Gasteiger partial charge >= 0.3 is 0 Å². The Morgan fingerprint density at radius 2 is 2.20 bits per heavy atom. The van der Waals surface area contributed by atoms with Gasteiger partial charge in [-0.3, -0.25) is 0 Å². The number of halogens is 1. The minimum absolute atomic E-state index is 0.214. The van der Waals surface area contributed by atoms with Crippen LogP contribution in [0.3, 0.4) is 0 Å². The third-order valence-corrected chi connectivity index (χ3v) is 4.33. The Morgan fingerprint density at radius 3 is 2.87 bits per heavy atom. The van der Waals surface area contributed by atoms with E-state index in [9.17, 15) is 0 Å². The molecule has 0 radical (unpaired) electrons. The molecule has 2 N–H and O–H groups in total. The van der Waals surface area contributed by atoms with Gasteiger partial charge in [0.05, 0.1) is 0 Å². The largest absolute Gasteiger partial charge is 0.330 e. The lowest BCUT2D eigenvalue weighted by Gasteiger charge is -2.40. The van der Waals surface area contributed by atoms with E-state index in [1.165, 1.54) is 28.4 Å². The molecule has 1 aromatic rings. The van der Waals surface area contributed by atoms with Crippen LogP contribution < -0.4 is 5.73 Å². The van der Waals surface area contributed by atoms with Crippen molar-refractivity contribution in [2.45, 2.75) is 32.1 Å². The Labute approximate surface area is 100 Å². The lowest BCUT2D eigenvalue weighted by molar-refractivity contribution is 0.285. The second-order valence-corrected chi connectivity index (χ2v) is 5.91. The van der Waals surface area contributed by atoms with Crippen LogP contribution in [-0.4, -0.2) is 6.54 Å². The van der Waals surface area contributed by atoms with Gasteiger partial charge in [-0.05, 0) is 54.0 Å². The highest BCUT2D eigenvalue weighted by Gasteiger charge is 2.35. The molecule has 0 bridgehead atoms. The minimum Gasteiger partial charge on any atom is -0.330 e. The molecule has 0 saturated heterocycles. The van der Waals surface area contributed by atoms with Crippen LogP contribution in [0.15, 0.2) is 22.7 Å². The summed E-state index contributed by atoms with van der Waals surface area (Å²) in [5, 5.41) is 0. The summed E-state index contributed by atoms with van der Waals surface area (Å²) in [6, 6.07) is 6.64. The predicted octanol–water partition coefficient (Wildman–Crippen LogP) is 3.25. The standard InChI is InChI=1S/C13H18BrN/c1-13(2)10(8-15)5-3-9-4-6-11(14)7-12(9)13/h4,6-7,10H,3,5,8,15H2,1-2H3. The molecule has 1 unspecified atom stereocenters. The summed E-state index contributed by atoms with van der Waals surface area (Å²) < 4.78 is 1.17. The van der Waals surface area contributed by atoms with Crippen molar-refractivity contribution in [1.29, 1.82) is 0 Å². The molecule has 15 heavy (non-hydrogen) atoms. The summed E-state index contributed by atoms with van der Waals surface area (Å²) in [6.45, 7) is 5.42. The molecule has 1 nitrogen and oxygen atoms in total. The average Bonchev–Trinajstić information content (AvgIpc) is 2.19. The molecule has 0 heterocycles. The van der Waals surface area contributed by atoms with Crippen molar-refractivity contribution in [3.8, 4) is 0 Å². The molecule has 0 spiro atoms. The van der Waals surface area contributed by atoms with Gasteiger partial charge in [-0.1, -0.05) is 35.8 Å². The normalized spacial score (nSPS) is 23.6. The second kappa shape index (κ2) is 3.91.